The Hall–Kier alpha value is -1.10. The molecule has 1 aromatic carbocycles. The maximum absolute atomic E-state index is 12.6. The van der Waals surface area contributed by atoms with E-state index >= 15 is 0 Å². The van der Waals surface area contributed by atoms with Crippen molar-refractivity contribution in [2.24, 2.45) is 0 Å². The minimum absolute atomic E-state index is 0.283. The average molecular weight is 246 g/mol. The molecule has 1 aromatic rings. The molecule has 0 N–H and O–H groups in total. The Kier molecular flexibility index (Phi) is 4.29. The van der Waals surface area contributed by atoms with Gasteiger partial charge in [-0.1, -0.05) is 12.1 Å². The van der Waals surface area contributed by atoms with E-state index in [1.54, 1.807) is 19.2 Å². The van der Waals surface area contributed by atoms with Gasteiger partial charge in [-0.05, 0) is 37.5 Å². The summed E-state index contributed by atoms with van der Waals surface area (Å²) in [5.41, 5.74) is 0.969. The van der Waals surface area contributed by atoms with Crippen molar-refractivity contribution in [3.63, 3.8) is 0 Å². The standard InChI is InChI=1S/C11H15FO3S/c1-9(16(12,13)14)3-4-10-5-7-11(15-2)8-6-10/h5-9H,3-4H2,1-2H3. The van der Waals surface area contributed by atoms with E-state index in [4.69, 9.17) is 4.74 Å². The summed E-state index contributed by atoms with van der Waals surface area (Å²) >= 11 is 0. The molecule has 3 nitrogen and oxygen atoms in total. The Morgan fingerprint density at radius 3 is 2.31 bits per heavy atom. The lowest BCUT2D eigenvalue weighted by Gasteiger charge is -2.07. The summed E-state index contributed by atoms with van der Waals surface area (Å²) in [5, 5.41) is -0.949. The van der Waals surface area contributed by atoms with Crippen LogP contribution in [0.4, 0.5) is 3.89 Å². The maximum atomic E-state index is 12.6. The third kappa shape index (κ3) is 3.81. The zero-order chi connectivity index (χ0) is 12.2. The van der Waals surface area contributed by atoms with Crippen LogP contribution in [-0.2, 0) is 16.6 Å². The quantitative estimate of drug-likeness (QED) is 0.749. The molecule has 1 unspecified atom stereocenters. The van der Waals surface area contributed by atoms with Gasteiger partial charge in [0.25, 0.3) is 0 Å². The molecule has 16 heavy (non-hydrogen) atoms. The maximum Gasteiger partial charge on any atom is 0.305 e. The number of ether oxygens (including phenoxy) is 1. The smallest absolute Gasteiger partial charge is 0.305 e. The third-order valence-electron chi connectivity index (χ3n) is 2.48. The number of benzene rings is 1. The molecule has 0 amide bonds. The fourth-order valence-electron chi connectivity index (χ4n) is 1.30. The summed E-state index contributed by atoms with van der Waals surface area (Å²) in [4.78, 5) is 0. The number of aryl methyl sites for hydroxylation is 1. The lowest BCUT2D eigenvalue weighted by Crippen LogP contribution is -2.13. The molecule has 0 saturated heterocycles. The Morgan fingerprint density at radius 2 is 1.88 bits per heavy atom. The summed E-state index contributed by atoms with van der Waals surface area (Å²) < 4.78 is 38.7. The van der Waals surface area contributed by atoms with Gasteiger partial charge in [-0.3, -0.25) is 0 Å². The minimum Gasteiger partial charge on any atom is -0.497 e. The van der Waals surface area contributed by atoms with Gasteiger partial charge in [-0.2, -0.15) is 8.42 Å². The third-order valence-corrected chi connectivity index (χ3v) is 3.68. The first-order chi connectivity index (χ1) is 7.43. The van der Waals surface area contributed by atoms with Crippen LogP contribution in [0.2, 0.25) is 0 Å². The van der Waals surface area contributed by atoms with Gasteiger partial charge in [0.2, 0.25) is 0 Å². The van der Waals surface area contributed by atoms with E-state index in [9.17, 15) is 12.3 Å². The number of hydrogen-bond acceptors (Lipinski definition) is 3. The van der Waals surface area contributed by atoms with E-state index in [0.29, 0.717) is 6.42 Å². The molecule has 90 valence electrons. The van der Waals surface area contributed by atoms with Crippen LogP contribution < -0.4 is 4.74 Å². The molecule has 0 aliphatic carbocycles. The normalized spacial score (nSPS) is 13.4. The Morgan fingerprint density at radius 1 is 1.31 bits per heavy atom. The number of halogens is 1. The van der Waals surface area contributed by atoms with E-state index in [1.165, 1.54) is 6.92 Å². The first-order valence-electron chi connectivity index (χ1n) is 5.00. The first-order valence-corrected chi connectivity index (χ1v) is 6.44. The highest BCUT2D eigenvalue weighted by Gasteiger charge is 2.18. The topological polar surface area (TPSA) is 43.4 Å². The van der Waals surface area contributed by atoms with Crippen LogP contribution in [0.1, 0.15) is 18.9 Å². The van der Waals surface area contributed by atoms with Crippen molar-refractivity contribution in [1.82, 2.24) is 0 Å². The van der Waals surface area contributed by atoms with Crippen LogP contribution in [0.25, 0.3) is 0 Å². The van der Waals surface area contributed by atoms with Crippen molar-refractivity contribution in [2.45, 2.75) is 25.0 Å². The van der Waals surface area contributed by atoms with Crippen molar-refractivity contribution < 1.29 is 17.0 Å². The zero-order valence-electron chi connectivity index (χ0n) is 9.31. The molecule has 0 aliphatic heterocycles. The van der Waals surface area contributed by atoms with Gasteiger partial charge in [-0.15, -0.1) is 3.89 Å². The highest BCUT2D eigenvalue weighted by molar-refractivity contribution is 7.86. The van der Waals surface area contributed by atoms with Crippen molar-refractivity contribution in [1.29, 1.82) is 0 Å². The lowest BCUT2D eigenvalue weighted by atomic mass is 10.1. The molecule has 0 fully saturated rings. The Labute approximate surface area is 95.5 Å². The molecule has 0 aliphatic rings. The van der Waals surface area contributed by atoms with Crippen molar-refractivity contribution in [2.75, 3.05) is 7.11 Å². The molecular formula is C11H15FO3S. The van der Waals surface area contributed by atoms with Gasteiger partial charge in [0.15, 0.2) is 0 Å². The summed E-state index contributed by atoms with van der Waals surface area (Å²) in [5.74, 6) is 0.745. The lowest BCUT2D eigenvalue weighted by molar-refractivity contribution is 0.414. The van der Waals surface area contributed by atoms with Crippen LogP contribution in [0.15, 0.2) is 24.3 Å². The first kappa shape index (κ1) is 13.0. The van der Waals surface area contributed by atoms with Crippen molar-refractivity contribution in [3.05, 3.63) is 29.8 Å². The second-order valence-electron chi connectivity index (χ2n) is 3.67. The van der Waals surface area contributed by atoms with E-state index < -0.39 is 15.5 Å². The van der Waals surface area contributed by atoms with Crippen LogP contribution in [0, 0.1) is 0 Å². The van der Waals surface area contributed by atoms with Crippen LogP contribution >= 0.6 is 0 Å². The summed E-state index contributed by atoms with van der Waals surface area (Å²) in [7, 11) is -2.83. The molecular weight excluding hydrogens is 231 g/mol. The number of methoxy groups -OCH3 is 1. The van der Waals surface area contributed by atoms with E-state index in [-0.39, 0.29) is 6.42 Å². The molecule has 0 heterocycles. The van der Waals surface area contributed by atoms with Crippen LogP contribution in [0.5, 0.6) is 5.75 Å². The fourth-order valence-corrected chi connectivity index (χ4v) is 1.70. The fraction of sp³-hybridized carbons (Fsp3) is 0.455. The molecule has 0 aromatic heterocycles. The van der Waals surface area contributed by atoms with E-state index in [1.807, 2.05) is 12.1 Å². The second kappa shape index (κ2) is 5.30. The van der Waals surface area contributed by atoms with Crippen LogP contribution in [0.3, 0.4) is 0 Å². The van der Waals surface area contributed by atoms with Gasteiger partial charge >= 0.3 is 10.2 Å². The van der Waals surface area contributed by atoms with Gasteiger partial charge in [-0.25, -0.2) is 0 Å². The molecule has 5 heteroatoms. The Balaban J connectivity index is 2.55. The summed E-state index contributed by atoms with van der Waals surface area (Å²) in [6.07, 6.45) is 0.819. The SMILES string of the molecule is COc1ccc(CCC(C)S(=O)(=O)F)cc1. The highest BCUT2D eigenvalue weighted by atomic mass is 32.3. The van der Waals surface area contributed by atoms with E-state index in [2.05, 4.69) is 0 Å². The van der Waals surface area contributed by atoms with Crippen LogP contribution in [-0.4, -0.2) is 20.8 Å². The molecule has 0 radical (unpaired) electrons. The Bertz CT molecular complexity index is 425. The number of hydrogen-bond donors (Lipinski definition) is 0. The van der Waals surface area contributed by atoms with Gasteiger partial charge in [0, 0.05) is 0 Å². The summed E-state index contributed by atoms with van der Waals surface area (Å²) in [6.45, 7) is 1.37. The van der Waals surface area contributed by atoms with E-state index in [0.717, 1.165) is 11.3 Å². The molecule has 1 atom stereocenters. The molecule has 0 saturated carbocycles. The van der Waals surface area contributed by atoms with Crippen molar-refractivity contribution in [3.8, 4) is 5.75 Å². The van der Waals surface area contributed by atoms with Crippen molar-refractivity contribution >= 4 is 10.2 Å². The molecule has 1 rings (SSSR count). The predicted molar refractivity (Wildman–Crippen MR) is 60.8 cm³/mol. The zero-order valence-corrected chi connectivity index (χ0v) is 10.1. The minimum atomic E-state index is -4.41. The second-order valence-corrected chi connectivity index (χ2v) is 5.43. The average Bonchev–Trinajstić information content (AvgIpc) is 2.25. The summed E-state index contributed by atoms with van der Waals surface area (Å²) in [6, 6.07) is 7.28. The largest absolute Gasteiger partial charge is 0.497 e. The van der Waals surface area contributed by atoms with Gasteiger partial charge in [0.1, 0.15) is 5.75 Å². The van der Waals surface area contributed by atoms with Gasteiger partial charge in [0.05, 0.1) is 12.4 Å². The predicted octanol–water partition coefficient (Wildman–Crippen LogP) is 2.32. The highest BCUT2D eigenvalue weighted by Crippen LogP contribution is 2.15. The monoisotopic (exact) mass is 246 g/mol. The molecule has 0 bridgehead atoms. The van der Waals surface area contributed by atoms with Gasteiger partial charge < -0.3 is 4.74 Å². The number of rotatable bonds is 5. The molecule has 0 spiro atoms.